The summed E-state index contributed by atoms with van der Waals surface area (Å²) in [6.07, 6.45) is 0. The Bertz CT molecular complexity index is 889. The Balaban J connectivity index is 1.85. The zero-order chi connectivity index (χ0) is 20.6. The molecule has 1 amide bonds. The minimum atomic E-state index is -1.45. The maximum absolute atomic E-state index is 12.8. The lowest BCUT2D eigenvalue weighted by Gasteiger charge is -2.26. The Morgan fingerprint density at radius 3 is 2.21 bits per heavy atom. The number of hydrogen-bond acceptors (Lipinski definition) is 5. The topological polar surface area (TPSA) is 99.1 Å². The molecule has 1 heterocycles. The number of hydrogen-bond donors (Lipinski definition) is 3. The second kappa shape index (κ2) is 9.86. The second-order valence-corrected chi connectivity index (χ2v) is 6.65. The van der Waals surface area contributed by atoms with Crippen molar-refractivity contribution in [2.24, 2.45) is 0 Å². The Kier molecular flexibility index (Phi) is 6.99. The molecule has 29 heavy (non-hydrogen) atoms. The van der Waals surface area contributed by atoms with Gasteiger partial charge in [0.15, 0.2) is 0 Å². The highest BCUT2D eigenvalue weighted by Gasteiger charge is 2.22. The van der Waals surface area contributed by atoms with Gasteiger partial charge in [-0.2, -0.15) is 0 Å². The van der Waals surface area contributed by atoms with E-state index in [4.69, 9.17) is 4.74 Å². The first-order valence-corrected chi connectivity index (χ1v) is 9.47. The molecule has 0 atom stereocenters. The summed E-state index contributed by atoms with van der Waals surface area (Å²) in [5, 5.41) is 22.5. The van der Waals surface area contributed by atoms with Crippen molar-refractivity contribution < 1.29 is 24.5 Å². The van der Waals surface area contributed by atoms with Gasteiger partial charge in [-0.05, 0) is 17.2 Å². The monoisotopic (exact) mass is 396 g/mol. The standard InChI is InChI=1S/C22H24N2O5/c25-20(22(27)28)19(16-6-2-1-3-7-16)17-8-4-5-9-18(17)21(26)23-10-11-24-12-14-29-15-13-24/h1-9,25H,10-15H2,(H,23,26)(H,27,28)/b20-19-. The number of amides is 1. The fraction of sp³-hybridized carbons (Fsp3) is 0.273. The minimum Gasteiger partial charge on any atom is -0.501 e. The van der Waals surface area contributed by atoms with Crippen LogP contribution in [0.25, 0.3) is 5.57 Å². The van der Waals surface area contributed by atoms with Crippen LogP contribution in [0.3, 0.4) is 0 Å². The molecule has 0 spiro atoms. The summed E-state index contributed by atoms with van der Waals surface area (Å²) < 4.78 is 5.32. The van der Waals surface area contributed by atoms with Gasteiger partial charge in [-0.1, -0.05) is 48.5 Å². The van der Waals surface area contributed by atoms with Gasteiger partial charge >= 0.3 is 5.97 Å². The largest absolute Gasteiger partial charge is 0.501 e. The molecule has 0 aromatic heterocycles. The first-order valence-electron chi connectivity index (χ1n) is 9.47. The molecule has 1 aliphatic rings. The van der Waals surface area contributed by atoms with Crippen LogP contribution in [-0.4, -0.2) is 66.4 Å². The molecular weight excluding hydrogens is 372 g/mol. The number of aliphatic hydroxyl groups is 1. The zero-order valence-electron chi connectivity index (χ0n) is 16.0. The number of morpholine rings is 1. The van der Waals surface area contributed by atoms with E-state index in [1.807, 2.05) is 0 Å². The van der Waals surface area contributed by atoms with E-state index in [0.717, 1.165) is 13.1 Å². The van der Waals surface area contributed by atoms with Crippen molar-refractivity contribution in [1.29, 1.82) is 0 Å². The smallest absolute Gasteiger partial charge is 0.371 e. The molecule has 152 valence electrons. The first-order chi connectivity index (χ1) is 14.1. The molecule has 0 bridgehead atoms. The highest BCUT2D eigenvalue weighted by atomic mass is 16.5. The molecule has 1 aliphatic heterocycles. The van der Waals surface area contributed by atoms with Crippen LogP contribution in [-0.2, 0) is 9.53 Å². The van der Waals surface area contributed by atoms with Gasteiger partial charge in [-0.25, -0.2) is 4.79 Å². The van der Waals surface area contributed by atoms with Crippen LogP contribution < -0.4 is 5.32 Å². The summed E-state index contributed by atoms with van der Waals surface area (Å²) in [6.45, 7) is 4.22. The van der Waals surface area contributed by atoms with E-state index in [2.05, 4.69) is 10.2 Å². The van der Waals surface area contributed by atoms with E-state index >= 15 is 0 Å². The van der Waals surface area contributed by atoms with Gasteiger partial charge in [0.1, 0.15) is 0 Å². The molecule has 7 heteroatoms. The quantitative estimate of drug-likeness (QED) is 0.490. The molecular formula is C22H24N2O5. The fourth-order valence-electron chi connectivity index (χ4n) is 3.28. The van der Waals surface area contributed by atoms with Crippen LogP contribution in [0.4, 0.5) is 0 Å². The number of ether oxygens (including phenoxy) is 1. The number of carbonyl (C=O) groups excluding carboxylic acids is 1. The average Bonchev–Trinajstić information content (AvgIpc) is 2.75. The van der Waals surface area contributed by atoms with Crippen molar-refractivity contribution in [2.45, 2.75) is 0 Å². The first kappa shape index (κ1) is 20.6. The number of aliphatic carboxylic acids is 1. The van der Waals surface area contributed by atoms with Crippen LogP contribution in [0.1, 0.15) is 21.5 Å². The highest BCUT2D eigenvalue weighted by Crippen LogP contribution is 2.29. The lowest BCUT2D eigenvalue weighted by atomic mass is 9.92. The Labute approximate surface area is 169 Å². The van der Waals surface area contributed by atoms with Gasteiger partial charge in [0.25, 0.3) is 5.91 Å². The van der Waals surface area contributed by atoms with E-state index in [9.17, 15) is 19.8 Å². The van der Waals surface area contributed by atoms with Crippen LogP contribution >= 0.6 is 0 Å². The van der Waals surface area contributed by atoms with Gasteiger partial charge in [0.2, 0.25) is 5.76 Å². The number of carboxylic acids is 1. The van der Waals surface area contributed by atoms with Gasteiger partial charge in [0, 0.05) is 37.3 Å². The third-order valence-electron chi connectivity index (χ3n) is 4.76. The molecule has 2 aromatic rings. The molecule has 3 rings (SSSR count). The molecule has 0 unspecified atom stereocenters. The van der Waals surface area contributed by atoms with E-state index in [1.165, 1.54) is 0 Å². The molecule has 3 N–H and O–H groups in total. The Morgan fingerprint density at radius 1 is 0.931 bits per heavy atom. The summed E-state index contributed by atoms with van der Waals surface area (Å²) in [6, 6.07) is 15.4. The van der Waals surface area contributed by atoms with Crippen molar-refractivity contribution in [3.8, 4) is 0 Å². The van der Waals surface area contributed by atoms with Gasteiger partial charge in [0.05, 0.1) is 13.2 Å². The minimum absolute atomic E-state index is 0.108. The SMILES string of the molecule is O=C(O)/C(O)=C(\c1ccccc1)c1ccccc1C(=O)NCCN1CCOCC1. The summed E-state index contributed by atoms with van der Waals surface area (Å²) >= 11 is 0. The summed E-state index contributed by atoms with van der Waals surface area (Å²) in [5.74, 6) is -2.57. The predicted molar refractivity (Wildman–Crippen MR) is 109 cm³/mol. The number of benzene rings is 2. The number of carboxylic acid groups (broad SMARTS) is 1. The number of aliphatic hydroxyl groups excluding tert-OH is 1. The van der Waals surface area contributed by atoms with Crippen LogP contribution in [0, 0.1) is 0 Å². The number of nitrogens with zero attached hydrogens (tertiary/aromatic N) is 1. The third-order valence-corrected chi connectivity index (χ3v) is 4.76. The number of carbonyl (C=O) groups is 2. The summed E-state index contributed by atoms with van der Waals surface area (Å²) in [5.41, 5.74) is 1.29. The second-order valence-electron chi connectivity index (χ2n) is 6.65. The molecule has 0 saturated carbocycles. The van der Waals surface area contributed by atoms with E-state index < -0.39 is 11.7 Å². The maximum Gasteiger partial charge on any atom is 0.371 e. The molecule has 0 radical (unpaired) electrons. The molecule has 0 aliphatic carbocycles. The summed E-state index contributed by atoms with van der Waals surface area (Å²) in [7, 11) is 0. The molecule has 1 fully saturated rings. The van der Waals surface area contributed by atoms with Gasteiger partial charge < -0.3 is 20.3 Å². The molecule has 2 aromatic carbocycles. The predicted octanol–water partition coefficient (Wildman–Crippen LogP) is 2.15. The van der Waals surface area contributed by atoms with E-state index in [-0.39, 0.29) is 11.5 Å². The molecule has 1 saturated heterocycles. The van der Waals surface area contributed by atoms with Crippen LogP contribution in [0.2, 0.25) is 0 Å². The van der Waals surface area contributed by atoms with E-state index in [1.54, 1.807) is 54.6 Å². The van der Waals surface area contributed by atoms with Crippen molar-refractivity contribution >= 4 is 17.4 Å². The van der Waals surface area contributed by atoms with Gasteiger partial charge in [-0.15, -0.1) is 0 Å². The number of nitrogens with one attached hydrogen (secondary N) is 1. The lowest BCUT2D eigenvalue weighted by Crippen LogP contribution is -2.41. The third kappa shape index (κ3) is 5.22. The zero-order valence-corrected chi connectivity index (χ0v) is 16.0. The molecule has 7 nitrogen and oxygen atoms in total. The van der Waals surface area contributed by atoms with Crippen molar-refractivity contribution in [2.75, 3.05) is 39.4 Å². The van der Waals surface area contributed by atoms with Crippen LogP contribution in [0.5, 0.6) is 0 Å². The van der Waals surface area contributed by atoms with E-state index in [0.29, 0.717) is 43.0 Å². The highest BCUT2D eigenvalue weighted by molar-refractivity contribution is 6.05. The van der Waals surface area contributed by atoms with Crippen molar-refractivity contribution in [3.05, 3.63) is 77.0 Å². The average molecular weight is 396 g/mol. The Hall–Kier alpha value is -3.16. The van der Waals surface area contributed by atoms with Crippen molar-refractivity contribution in [1.82, 2.24) is 10.2 Å². The Morgan fingerprint density at radius 2 is 1.55 bits per heavy atom. The van der Waals surface area contributed by atoms with Gasteiger partial charge in [-0.3, -0.25) is 9.69 Å². The lowest BCUT2D eigenvalue weighted by molar-refractivity contribution is -0.135. The maximum atomic E-state index is 12.8. The summed E-state index contributed by atoms with van der Waals surface area (Å²) in [4.78, 5) is 26.5. The van der Waals surface area contributed by atoms with Crippen LogP contribution in [0.15, 0.2) is 60.4 Å². The number of rotatable bonds is 7. The van der Waals surface area contributed by atoms with Crippen molar-refractivity contribution in [3.63, 3.8) is 0 Å². The normalized spacial score (nSPS) is 15.4. The fourth-order valence-corrected chi connectivity index (χ4v) is 3.28.